The van der Waals surface area contributed by atoms with Crippen molar-refractivity contribution in [2.24, 2.45) is 0 Å². The molecule has 5 heteroatoms. The Bertz CT molecular complexity index is 664. The first-order chi connectivity index (χ1) is 11.6. The molecule has 2 rings (SSSR count). The first kappa shape index (κ1) is 21.6. The van der Waals surface area contributed by atoms with Crippen molar-refractivity contribution in [2.45, 2.75) is 30.4 Å². The summed E-state index contributed by atoms with van der Waals surface area (Å²) in [4.78, 5) is 13.9. The number of halogens is 1. The van der Waals surface area contributed by atoms with Gasteiger partial charge in [0.1, 0.15) is 5.25 Å². The summed E-state index contributed by atoms with van der Waals surface area (Å²) in [7, 11) is 1.92. The molecule has 0 aliphatic rings. The molecule has 1 amide bonds. The van der Waals surface area contributed by atoms with Crippen LogP contribution in [0.3, 0.4) is 0 Å². The second-order valence-electron chi connectivity index (χ2n) is 5.93. The van der Waals surface area contributed by atoms with Crippen molar-refractivity contribution in [1.29, 1.82) is 0 Å². The van der Waals surface area contributed by atoms with Gasteiger partial charge in [-0.15, -0.1) is 24.2 Å². The van der Waals surface area contributed by atoms with Gasteiger partial charge >= 0.3 is 0 Å². The number of hydrogen-bond acceptors (Lipinski definition) is 3. The van der Waals surface area contributed by atoms with E-state index in [1.165, 1.54) is 11.1 Å². The average molecular weight is 379 g/mol. The molecular formula is C20H27ClN2OS. The van der Waals surface area contributed by atoms with Crippen molar-refractivity contribution in [3.63, 3.8) is 0 Å². The lowest BCUT2D eigenvalue weighted by atomic mass is 10.1. The molecule has 1 unspecified atom stereocenters. The molecule has 2 aromatic rings. The Morgan fingerprint density at radius 3 is 2.44 bits per heavy atom. The average Bonchev–Trinajstić information content (AvgIpc) is 2.58. The van der Waals surface area contributed by atoms with Crippen molar-refractivity contribution in [3.05, 3.63) is 65.2 Å². The normalized spacial score (nSPS) is 11.5. The van der Waals surface area contributed by atoms with Crippen LogP contribution in [0, 0.1) is 13.8 Å². The smallest absolute Gasteiger partial charge is 0.237 e. The molecule has 0 saturated carbocycles. The molecule has 0 fully saturated rings. The van der Waals surface area contributed by atoms with Gasteiger partial charge in [-0.25, -0.2) is 0 Å². The van der Waals surface area contributed by atoms with Crippen LogP contribution in [0.2, 0.25) is 0 Å². The number of nitrogens with one attached hydrogen (secondary N) is 2. The number of benzene rings is 2. The Kier molecular flexibility index (Phi) is 9.65. The minimum absolute atomic E-state index is 0. The van der Waals surface area contributed by atoms with Crippen LogP contribution in [0.4, 0.5) is 0 Å². The van der Waals surface area contributed by atoms with Gasteiger partial charge in [-0.1, -0.05) is 48.0 Å². The largest absolute Gasteiger partial charge is 0.355 e. The lowest BCUT2D eigenvalue weighted by Gasteiger charge is -2.18. The van der Waals surface area contributed by atoms with Gasteiger partial charge in [0.25, 0.3) is 0 Å². The molecule has 0 saturated heterocycles. The second kappa shape index (κ2) is 11.2. The standard InChI is InChI=1S/C20H26N2OS.ClH/c1-15-10-11-18(16(2)14-15)24-19(17-8-5-4-6-9-17)20(23)22-13-7-12-21-3;/h4-6,8-11,14,19,21H,7,12-13H2,1-3H3,(H,22,23);1H. The maximum atomic E-state index is 12.7. The first-order valence-electron chi connectivity index (χ1n) is 8.33. The van der Waals surface area contributed by atoms with E-state index < -0.39 is 0 Å². The fourth-order valence-electron chi connectivity index (χ4n) is 2.53. The van der Waals surface area contributed by atoms with Crippen LogP contribution >= 0.6 is 24.2 Å². The highest BCUT2D eigenvalue weighted by Gasteiger charge is 2.22. The molecule has 25 heavy (non-hydrogen) atoms. The van der Waals surface area contributed by atoms with Gasteiger partial charge in [-0.05, 0) is 51.1 Å². The Labute approximate surface area is 161 Å². The highest BCUT2D eigenvalue weighted by molar-refractivity contribution is 8.00. The van der Waals surface area contributed by atoms with Crippen LogP contribution in [0.15, 0.2) is 53.4 Å². The number of carbonyl (C=O) groups is 1. The zero-order valence-electron chi connectivity index (χ0n) is 15.0. The van der Waals surface area contributed by atoms with Gasteiger partial charge in [-0.3, -0.25) is 4.79 Å². The summed E-state index contributed by atoms with van der Waals surface area (Å²) < 4.78 is 0. The summed E-state index contributed by atoms with van der Waals surface area (Å²) in [6.07, 6.45) is 0.929. The third kappa shape index (κ3) is 6.73. The highest BCUT2D eigenvalue weighted by Crippen LogP contribution is 2.37. The van der Waals surface area contributed by atoms with E-state index in [2.05, 4.69) is 42.7 Å². The Morgan fingerprint density at radius 2 is 1.80 bits per heavy atom. The van der Waals surface area contributed by atoms with Crippen LogP contribution in [0.1, 0.15) is 28.4 Å². The van der Waals surface area contributed by atoms with Gasteiger partial charge in [0.05, 0.1) is 0 Å². The maximum Gasteiger partial charge on any atom is 0.237 e. The lowest BCUT2D eigenvalue weighted by Crippen LogP contribution is -2.30. The number of aryl methyl sites for hydroxylation is 2. The maximum absolute atomic E-state index is 12.7. The van der Waals surface area contributed by atoms with Crippen molar-refractivity contribution < 1.29 is 4.79 Å². The monoisotopic (exact) mass is 378 g/mol. The van der Waals surface area contributed by atoms with Crippen LogP contribution in [-0.2, 0) is 4.79 Å². The fraction of sp³-hybridized carbons (Fsp3) is 0.350. The predicted molar refractivity (Wildman–Crippen MR) is 110 cm³/mol. The zero-order valence-corrected chi connectivity index (χ0v) is 16.7. The molecule has 0 aromatic heterocycles. The van der Waals surface area contributed by atoms with Crippen molar-refractivity contribution in [3.8, 4) is 0 Å². The Balaban J connectivity index is 0.00000312. The zero-order chi connectivity index (χ0) is 17.4. The second-order valence-corrected chi connectivity index (χ2v) is 7.07. The number of amides is 1. The van der Waals surface area contributed by atoms with Crippen LogP contribution in [-0.4, -0.2) is 26.0 Å². The quantitative estimate of drug-likeness (QED) is 0.532. The van der Waals surface area contributed by atoms with E-state index in [1.807, 2.05) is 37.4 Å². The molecule has 2 aromatic carbocycles. The van der Waals surface area contributed by atoms with E-state index in [-0.39, 0.29) is 23.6 Å². The van der Waals surface area contributed by atoms with Gasteiger partial charge in [0.15, 0.2) is 0 Å². The van der Waals surface area contributed by atoms with Crippen LogP contribution in [0.5, 0.6) is 0 Å². The molecule has 0 spiro atoms. The fourth-order valence-corrected chi connectivity index (χ4v) is 3.66. The molecule has 2 N–H and O–H groups in total. The van der Waals surface area contributed by atoms with Crippen molar-refractivity contribution >= 4 is 30.1 Å². The summed E-state index contributed by atoms with van der Waals surface area (Å²) >= 11 is 1.62. The summed E-state index contributed by atoms with van der Waals surface area (Å²) in [5.41, 5.74) is 3.49. The third-order valence-corrected chi connectivity index (χ3v) is 5.25. The molecule has 0 radical (unpaired) electrons. The lowest BCUT2D eigenvalue weighted by molar-refractivity contribution is -0.120. The van der Waals surface area contributed by atoms with Gasteiger partial charge in [0, 0.05) is 11.4 Å². The molecule has 0 heterocycles. The van der Waals surface area contributed by atoms with Gasteiger partial charge in [-0.2, -0.15) is 0 Å². The minimum Gasteiger partial charge on any atom is -0.355 e. The number of rotatable bonds is 8. The van der Waals surface area contributed by atoms with E-state index in [0.717, 1.165) is 23.4 Å². The molecule has 0 bridgehead atoms. The summed E-state index contributed by atoms with van der Waals surface area (Å²) in [5.74, 6) is 0.0716. The van der Waals surface area contributed by atoms with Crippen LogP contribution < -0.4 is 10.6 Å². The van der Waals surface area contributed by atoms with Crippen LogP contribution in [0.25, 0.3) is 0 Å². The predicted octanol–water partition coefficient (Wildman–Crippen LogP) is 4.28. The highest BCUT2D eigenvalue weighted by atomic mass is 35.5. The molecule has 3 nitrogen and oxygen atoms in total. The summed E-state index contributed by atoms with van der Waals surface area (Å²) in [6, 6.07) is 16.4. The molecule has 1 atom stereocenters. The Hall–Kier alpha value is -1.49. The summed E-state index contributed by atoms with van der Waals surface area (Å²) in [6.45, 7) is 5.78. The molecule has 0 aliphatic carbocycles. The minimum atomic E-state index is -0.234. The third-order valence-electron chi connectivity index (χ3n) is 3.82. The van der Waals surface area contributed by atoms with E-state index >= 15 is 0 Å². The molecule has 0 aliphatic heterocycles. The Morgan fingerprint density at radius 1 is 1.08 bits per heavy atom. The molecular weight excluding hydrogens is 352 g/mol. The van der Waals surface area contributed by atoms with Gasteiger partial charge < -0.3 is 10.6 Å². The SMILES string of the molecule is CNCCCNC(=O)C(Sc1ccc(C)cc1C)c1ccccc1.Cl. The first-order valence-corrected chi connectivity index (χ1v) is 9.21. The van der Waals surface area contributed by atoms with Crippen molar-refractivity contribution in [1.82, 2.24) is 10.6 Å². The number of carbonyl (C=O) groups excluding carboxylic acids is 1. The van der Waals surface area contributed by atoms with E-state index in [9.17, 15) is 4.79 Å². The van der Waals surface area contributed by atoms with E-state index in [0.29, 0.717) is 6.54 Å². The number of hydrogen-bond donors (Lipinski definition) is 2. The van der Waals surface area contributed by atoms with E-state index in [1.54, 1.807) is 11.8 Å². The van der Waals surface area contributed by atoms with E-state index in [4.69, 9.17) is 0 Å². The molecule has 136 valence electrons. The van der Waals surface area contributed by atoms with Crippen molar-refractivity contribution in [2.75, 3.05) is 20.1 Å². The number of thioether (sulfide) groups is 1. The summed E-state index contributed by atoms with van der Waals surface area (Å²) in [5, 5.41) is 5.93. The topological polar surface area (TPSA) is 41.1 Å². The van der Waals surface area contributed by atoms with Gasteiger partial charge in [0.2, 0.25) is 5.91 Å².